The second kappa shape index (κ2) is 5.55. The molecule has 1 rings (SSSR count). The lowest BCUT2D eigenvalue weighted by Gasteiger charge is -2.27. The molecule has 5 heteroatoms. The van der Waals surface area contributed by atoms with Gasteiger partial charge < -0.3 is 10.0 Å². The zero-order chi connectivity index (χ0) is 13.0. The van der Waals surface area contributed by atoms with E-state index >= 15 is 0 Å². The van der Waals surface area contributed by atoms with Gasteiger partial charge in [0.05, 0.1) is 28.8 Å². The third-order valence-electron chi connectivity index (χ3n) is 2.62. The van der Waals surface area contributed by atoms with Crippen LogP contribution in [0.3, 0.4) is 0 Å². The van der Waals surface area contributed by atoms with E-state index in [-0.39, 0.29) is 11.6 Å². The summed E-state index contributed by atoms with van der Waals surface area (Å²) in [4.78, 5) is 12.8. The van der Waals surface area contributed by atoms with Crippen LogP contribution in [0.4, 0.5) is 5.69 Å². The van der Waals surface area contributed by atoms with Crippen molar-refractivity contribution in [1.29, 1.82) is 5.26 Å². The molecule has 0 saturated carbocycles. The molecule has 0 aliphatic heterocycles. The maximum atomic E-state index is 11.1. The summed E-state index contributed by atoms with van der Waals surface area (Å²) in [5, 5.41) is 18.1. The fourth-order valence-corrected chi connectivity index (χ4v) is 1.84. The number of para-hydroxylation sites is 1. The van der Waals surface area contributed by atoms with E-state index in [9.17, 15) is 4.79 Å². The van der Waals surface area contributed by atoms with E-state index in [4.69, 9.17) is 22.0 Å². The third kappa shape index (κ3) is 2.89. The zero-order valence-corrected chi connectivity index (χ0v) is 10.4. The molecule has 1 unspecified atom stereocenters. The Bertz CT molecular complexity index is 468. The van der Waals surface area contributed by atoms with Crippen LogP contribution in [0.2, 0.25) is 5.02 Å². The van der Waals surface area contributed by atoms with Gasteiger partial charge in [-0.05, 0) is 19.1 Å². The van der Waals surface area contributed by atoms with Crippen molar-refractivity contribution in [3.05, 3.63) is 28.8 Å². The molecular formula is C12H13ClN2O2. The third-order valence-corrected chi connectivity index (χ3v) is 2.92. The molecule has 0 heterocycles. The van der Waals surface area contributed by atoms with Gasteiger partial charge in [0.15, 0.2) is 0 Å². The van der Waals surface area contributed by atoms with Gasteiger partial charge >= 0.3 is 5.97 Å². The summed E-state index contributed by atoms with van der Waals surface area (Å²) in [5.74, 6) is -1.03. The number of benzene rings is 1. The lowest BCUT2D eigenvalue weighted by Crippen LogP contribution is -2.30. The number of aromatic carboxylic acids is 1. The minimum atomic E-state index is -1.03. The molecule has 1 N–H and O–H groups in total. The number of carbonyl (C=O) groups is 1. The van der Waals surface area contributed by atoms with Crippen molar-refractivity contribution in [3.63, 3.8) is 0 Å². The van der Waals surface area contributed by atoms with E-state index in [2.05, 4.69) is 6.07 Å². The molecule has 0 spiro atoms. The molecule has 0 bridgehead atoms. The molecule has 90 valence electrons. The Kier molecular flexibility index (Phi) is 4.36. The first kappa shape index (κ1) is 13.3. The zero-order valence-electron chi connectivity index (χ0n) is 9.64. The number of carboxylic acids is 1. The van der Waals surface area contributed by atoms with Gasteiger partial charge in [0.25, 0.3) is 0 Å². The summed E-state index contributed by atoms with van der Waals surface area (Å²) in [7, 11) is 1.73. The van der Waals surface area contributed by atoms with Crippen LogP contribution < -0.4 is 4.90 Å². The second-order valence-electron chi connectivity index (χ2n) is 3.76. The first-order valence-electron chi connectivity index (χ1n) is 5.10. The SMILES string of the molecule is CC(CC#N)N(C)c1c(Cl)cccc1C(=O)O. The topological polar surface area (TPSA) is 64.3 Å². The molecule has 0 amide bonds. The van der Waals surface area contributed by atoms with Crippen LogP contribution in [0.25, 0.3) is 0 Å². The van der Waals surface area contributed by atoms with Crippen LogP contribution in [0.15, 0.2) is 18.2 Å². The number of rotatable bonds is 4. The number of hydrogen-bond donors (Lipinski definition) is 1. The molecule has 0 radical (unpaired) electrons. The molecule has 0 aromatic heterocycles. The van der Waals surface area contributed by atoms with Gasteiger partial charge in [-0.1, -0.05) is 17.7 Å². The minimum Gasteiger partial charge on any atom is -0.478 e. The molecule has 0 fully saturated rings. The Morgan fingerprint density at radius 3 is 2.82 bits per heavy atom. The summed E-state index contributed by atoms with van der Waals surface area (Å²) in [6.07, 6.45) is 0.306. The van der Waals surface area contributed by atoms with Gasteiger partial charge in [0.1, 0.15) is 0 Å². The molecular weight excluding hydrogens is 240 g/mol. The van der Waals surface area contributed by atoms with E-state index in [1.54, 1.807) is 24.1 Å². The second-order valence-corrected chi connectivity index (χ2v) is 4.17. The number of nitrogens with zero attached hydrogens (tertiary/aromatic N) is 2. The predicted octanol–water partition coefficient (Wildman–Crippen LogP) is 2.78. The number of halogens is 1. The first-order chi connectivity index (χ1) is 7.99. The highest BCUT2D eigenvalue weighted by Gasteiger charge is 2.19. The van der Waals surface area contributed by atoms with Crippen LogP contribution in [0.5, 0.6) is 0 Å². The summed E-state index contributed by atoms with van der Waals surface area (Å²) in [5.41, 5.74) is 0.592. The normalized spacial score (nSPS) is 11.6. The summed E-state index contributed by atoms with van der Waals surface area (Å²) < 4.78 is 0. The lowest BCUT2D eigenvalue weighted by atomic mass is 10.1. The Balaban J connectivity index is 3.20. The number of nitriles is 1. The highest BCUT2D eigenvalue weighted by atomic mass is 35.5. The number of carboxylic acid groups (broad SMARTS) is 1. The van der Waals surface area contributed by atoms with E-state index in [1.165, 1.54) is 6.07 Å². The first-order valence-corrected chi connectivity index (χ1v) is 5.48. The number of hydrogen-bond acceptors (Lipinski definition) is 3. The van der Waals surface area contributed by atoms with Gasteiger partial charge in [-0.15, -0.1) is 0 Å². The van der Waals surface area contributed by atoms with Crippen molar-refractivity contribution in [2.24, 2.45) is 0 Å². The van der Waals surface area contributed by atoms with Crippen molar-refractivity contribution in [3.8, 4) is 6.07 Å². The van der Waals surface area contributed by atoms with Crippen molar-refractivity contribution < 1.29 is 9.90 Å². The average Bonchev–Trinajstić information content (AvgIpc) is 2.28. The van der Waals surface area contributed by atoms with Crippen molar-refractivity contribution in [1.82, 2.24) is 0 Å². The van der Waals surface area contributed by atoms with Crippen LogP contribution in [0, 0.1) is 11.3 Å². The predicted molar refractivity (Wildman–Crippen MR) is 66.5 cm³/mol. The Labute approximate surface area is 105 Å². The fourth-order valence-electron chi connectivity index (χ4n) is 1.54. The molecule has 0 aliphatic carbocycles. The average molecular weight is 253 g/mol. The van der Waals surface area contributed by atoms with Crippen LogP contribution in [-0.4, -0.2) is 24.2 Å². The molecule has 4 nitrogen and oxygen atoms in total. The van der Waals surface area contributed by atoms with Gasteiger partial charge in [0, 0.05) is 13.1 Å². The Morgan fingerprint density at radius 1 is 1.65 bits per heavy atom. The summed E-state index contributed by atoms with van der Waals surface area (Å²) in [6, 6.07) is 6.69. The highest BCUT2D eigenvalue weighted by molar-refractivity contribution is 6.34. The van der Waals surface area contributed by atoms with Crippen molar-refractivity contribution >= 4 is 23.3 Å². The molecule has 1 atom stereocenters. The Morgan fingerprint density at radius 2 is 2.29 bits per heavy atom. The molecule has 1 aromatic rings. The van der Waals surface area contributed by atoms with Gasteiger partial charge in [-0.2, -0.15) is 5.26 Å². The Hall–Kier alpha value is -1.73. The number of anilines is 1. The summed E-state index contributed by atoms with van der Waals surface area (Å²) >= 11 is 6.02. The smallest absolute Gasteiger partial charge is 0.337 e. The molecule has 1 aromatic carbocycles. The van der Waals surface area contributed by atoms with E-state index in [0.29, 0.717) is 17.1 Å². The van der Waals surface area contributed by atoms with E-state index in [1.807, 2.05) is 6.92 Å². The maximum absolute atomic E-state index is 11.1. The lowest BCUT2D eigenvalue weighted by molar-refractivity contribution is 0.0697. The molecule has 0 aliphatic rings. The van der Waals surface area contributed by atoms with Gasteiger partial charge in [-0.25, -0.2) is 4.79 Å². The van der Waals surface area contributed by atoms with Crippen LogP contribution in [0.1, 0.15) is 23.7 Å². The van der Waals surface area contributed by atoms with Gasteiger partial charge in [-0.3, -0.25) is 0 Å². The molecule has 17 heavy (non-hydrogen) atoms. The quantitative estimate of drug-likeness (QED) is 0.895. The highest BCUT2D eigenvalue weighted by Crippen LogP contribution is 2.30. The summed E-state index contributed by atoms with van der Waals surface area (Å²) in [6.45, 7) is 1.85. The van der Waals surface area contributed by atoms with Crippen molar-refractivity contribution in [2.75, 3.05) is 11.9 Å². The van der Waals surface area contributed by atoms with Gasteiger partial charge in [0.2, 0.25) is 0 Å². The minimum absolute atomic E-state index is 0.0991. The fraction of sp³-hybridized carbons (Fsp3) is 0.333. The largest absolute Gasteiger partial charge is 0.478 e. The van der Waals surface area contributed by atoms with E-state index in [0.717, 1.165) is 0 Å². The van der Waals surface area contributed by atoms with Crippen LogP contribution >= 0.6 is 11.6 Å². The standard InChI is InChI=1S/C12H13ClN2O2/c1-8(6-7-14)15(2)11-9(12(16)17)4-3-5-10(11)13/h3-5,8H,6H2,1-2H3,(H,16,17). The molecule has 0 saturated heterocycles. The van der Waals surface area contributed by atoms with Crippen molar-refractivity contribution in [2.45, 2.75) is 19.4 Å². The monoisotopic (exact) mass is 252 g/mol. The van der Waals surface area contributed by atoms with Crippen LogP contribution in [-0.2, 0) is 0 Å². The maximum Gasteiger partial charge on any atom is 0.337 e. The van der Waals surface area contributed by atoms with E-state index < -0.39 is 5.97 Å².